The molecule has 16 heavy (non-hydrogen) atoms. The van der Waals surface area contributed by atoms with Crippen molar-refractivity contribution in [3.63, 3.8) is 0 Å². The standard InChI is InChI=1S/C14H27NO/c1-6-14(16,7-2)13(15)12(5)10-8-9-11(3)4/h9,16H,6-8,10,15H2,1-5H3/b13-12-. The zero-order valence-corrected chi connectivity index (χ0v) is 11.4. The van der Waals surface area contributed by atoms with Crippen LogP contribution in [0.5, 0.6) is 0 Å². The molecule has 94 valence electrons. The molecule has 0 fully saturated rings. The predicted molar refractivity (Wildman–Crippen MR) is 71.1 cm³/mol. The fourth-order valence-corrected chi connectivity index (χ4v) is 1.74. The molecule has 0 saturated carbocycles. The Balaban J connectivity index is 4.63. The van der Waals surface area contributed by atoms with Crippen LogP contribution in [0, 0.1) is 0 Å². The van der Waals surface area contributed by atoms with Gasteiger partial charge in [-0.2, -0.15) is 0 Å². The molecule has 0 spiro atoms. The second-order valence-electron chi connectivity index (χ2n) is 4.75. The van der Waals surface area contributed by atoms with E-state index in [4.69, 9.17) is 5.73 Å². The van der Waals surface area contributed by atoms with Gasteiger partial charge >= 0.3 is 0 Å². The first-order valence-electron chi connectivity index (χ1n) is 6.18. The minimum absolute atomic E-state index is 0.666. The van der Waals surface area contributed by atoms with Gasteiger partial charge in [0.1, 0.15) is 5.60 Å². The molecule has 0 radical (unpaired) electrons. The van der Waals surface area contributed by atoms with Crippen LogP contribution in [0.15, 0.2) is 22.9 Å². The first-order chi connectivity index (χ1) is 7.37. The van der Waals surface area contributed by atoms with Crippen LogP contribution in [0.4, 0.5) is 0 Å². The van der Waals surface area contributed by atoms with Crippen molar-refractivity contribution in [3.05, 3.63) is 22.9 Å². The molecule has 0 aliphatic rings. The average Bonchev–Trinajstić information content (AvgIpc) is 2.26. The summed E-state index contributed by atoms with van der Waals surface area (Å²) in [6.45, 7) is 10.2. The Morgan fingerprint density at radius 2 is 1.69 bits per heavy atom. The van der Waals surface area contributed by atoms with Crippen molar-refractivity contribution in [2.45, 2.75) is 65.9 Å². The van der Waals surface area contributed by atoms with E-state index < -0.39 is 5.60 Å². The van der Waals surface area contributed by atoms with Crippen LogP contribution >= 0.6 is 0 Å². The lowest BCUT2D eigenvalue weighted by molar-refractivity contribution is 0.0672. The van der Waals surface area contributed by atoms with E-state index >= 15 is 0 Å². The molecule has 0 aliphatic carbocycles. The molecular weight excluding hydrogens is 198 g/mol. The van der Waals surface area contributed by atoms with Gasteiger partial charge < -0.3 is 10.8 Å². The van der Waals surface area contributed by atoms with E-state index in [1.165, 1.54) is 5.57 Å². The van der Waals surface area contributed by atoms with Crippen LogP contribution in [-0.4, -0.2) is 10.7 Å². The number of rotatable bonds is 6. The van der Waals surface area contributed by atoms with Crippen molar-refractivity contribution < 1.29 is 5.11 Å². The van der Waals surface area contributed by atoms with Crippen LogP contribution < -0.4 is 5.73 Å². The quantitative estimate of drug-likeness (QED) is 0.679. The largest absolute Gasteiger partial charge is 0.400 e. The fraction of sp³-hybridized carbons (Fsp3) is 0.714. The van der Waals surface area contributed by atoms with E-state index in [1.807, 2.05) is 20.8 Å². The van der Waals surface area contributed by atoms with Gasteiger partial charge in [0, 0.05) is 5.70 Å². The highest BCUT2D eigenvalue weighted by molar-refractivity contribution is 5.19. The Hall–Kier alpha value is -0.760. The fourth-order valence-electron chi connectivity index (χ4n) is 1.74. The van der Waals surface area contributed by atoms with Crippen molar-refractivity contribution in [2.24, 2.45) is 5.73 Å². The summed E-state index contributed by atoms with van der Waals surface area (Å²) < 4.78 is 0. The normalized spacial score (nSPS) is 13.4. The molecule has 0 unspecified atom stereocenters. The first-order valence-corrected chi connectivity index (χ1v) is 6.18. The summed E-state index contributed by atoms with van der Waals surface area (Å²) in [5.74, 6) is 0. The van der Waals surface area contributed by atoms with E-state index in [0.29, 0.717) is 18.5 Å². The third kappa shape index (κ3) is 4.40. The monoisotopic (exact) mass is 225 g/mol. The zero-order valence-electron chi connectivity index (χ0n) is 11.4. The smallest absolute Gasteiger partial charge is 0.103 e. The van der Waals surface area contributed by atoms with Gasteiger partial charge in [-0.25, -0.2) is 0 Å². The van der Waals surface area contributed by atoms with Crippen LogP contribution in [-0.2, 0) is 0 Å². The van der Waals surface area contributed by atoms with Crippen molar-refractivity contribution in [1.29, 1.82) is 0 Å². The molecule has 0 heterocycles. The van der Waals surface area contributed by atoms with E-state index in [1.54, 1.807) is 0 Å². The molecule has 0 aromatic rings. The molecule has 0 aromatic heterocycles. The van der Waals surface area contributed by atoms with Gasteiger partial charge in [-0.1, -0.05) is 31.1 Å². The van der Waals surface area contributed by atoms with Crippen molar-refractivity contribution in [2.75, 3.05) is 0 Å². The molecule has 0 aromatic carbocycles. The average molecular weight is 225 g/mol. The van der Waals surface area contributed by atoms with Gasteiger partial charge in [0.15, 0.2) is 0 Å². The molecule has 0 saturated heterocycles. The summed E-state index contributed by atoms with van der Waals surface area (Å²) in [7, 11) is 0. The van der Waals surface area contributed by atoms with Crippen LogP contribution in [0.25, 0.3) is 0 Å². The molecule has 0 bridgehead atoms. The van der Waals surface area contributed by atoms with Gasteiger partial charge in [0.2, 0.25) is 0 Å². The number of nitrogens with two attached hydrogens (primary N) is 1. The summed E-state index contributed by atoms with van der Waals surface area (Å²) in [6.07, 6.45) is 5.48. The summed E-state index contributed by atoms with van der Waals surface area (Å²) in [6, 6.07) is 0. The highest BCUT2D eigenvalue weighted by atomic mass is 16.3. The Labute approximate surface area is 100 Å². The van der Waals surface area contributed by atoms with Crippen LogP contribution in [0.2, 0.25) is 0 Å². The van der Waals surface area contributed by atoms with Crippen molar-refractivity contribution in [3.8, 4) is 0 Å². The van der Waals surface area contributed by atoms with Crippen molar-refractivity contribution in [1.82, 2.24) is 0 Å². The molecule has 0 aliphatic heterocycles. The number of hydrogen-bond acceptors (Lipinski definition) is 2. The van der Waals surface area contributed by atoms with E-state index in [2.05, 4.69) is 19.9 Å². The van der Waals surface area contributed by atoms with E-state index in [9.17, 15) is 5.11 Å². The van der Waals surface area contributed by atoms with Gasteiger partial charge in [-0.15, -0.1) is 0 Å². The highest BCUT2D eigenvalue weighted by Crippen LogP contribution is 2.25. The maximum atomic E-state index is 10.3. The minimum atomic E-state index is -0.810. The minimum Gasteiger partial charge on any atom is -0.400 e. The second-order valence-corrected chi connectivity index (χ2v) is 4.75. The van der Waals surface area contributed by atoms with Gasteiger partial charge in [-0.05, 0) is 46.5 Å². The summed E-state index contributed by atoms with van der Waals surface area (Å²) in [5, 5.41) is 10.3. The van der Waals surface area contributed by atoms with Crippen molar-refractivity contribution >= 4 is 0 Å². The molecule has 2 nitrogen and oxygen atoms in total. The zero-order chi connectivity index (χ0) is 12.8. The maximum absolute atomic E-state index is 10.3. The summed E-state index contributed by atoms with van der Waals surface area (Å²) in [5.41, 5.74) is 8.34. The lowest BCUT2D eigenvalue weighted by Gasteiger charge is -2.27. The van der Waals surface area contributed by atoms with Gasteiger partial charge in [0.25, 0.3) is 0 Å². The number of hydrogen-bond donors (Lipinski definition) is 2. The highest BCUT2D eigenvalue weighted by Gasteiger charge is 2.26. The Morgan fingerprint density at radius 1 is 1.19 bits per heavy atom. The predicted octanol–water partition coefficient (Wildman–Crippen LogP) is 3.52. The van der Waals surface area contributed by atoms with Gasteiger partial charge in [-0.3, -0.25) is 0 Å². The Bertz CT molecular complexity index is 268. The third-order valence-electron chi connectivity index (χ3n) is 3.20. The van der Waals surface area contributed by atoms with E-state index in [0.717, 1.165) is 18.4 Å². The lowest BCUT2D eigenvalue weighted by Crippen LogP contribution is -2.34. The first kappa shape index (κ1) is 15.2. The summed E-state index contributed by atoms with van der Waals surface area (Å²) in [4.78, 5) is 0. The molecule has 0 amide bonds. The third-order valence-corrected chi connectivity index (χ3v) is 3.20. The maximum Gasteiger partial charge on any atom is 0.103 e. The van der Waals surface area contributed by atoms with E-state index in [-0.39, 0.29) is 0 Å². The SMILES string of the molecule is CCC(O)(CC)/C(N)=C(\C)CCC=C(C)C. The number of allylic oxidation sites excluding steroid dienone is 3. The lowest BCUT2D eigenvalue weighted by atomic mass is 9.89. The molecule has 3 N–H and O–H groups in total. The topological polar surface area (TPSA) is 46.2 Å². The van der Waals surface area contributed by atoms with Gasteiger partial charge in [0.05, 0.1) is 0 Å². The molecule has 0 rings (SSSR count). The Morgan fingerprint density at radius 3 is 2.06 bits per heavy atom. The molecular formula is C14H27NO. The molecule has 0 atom stereocenters. The van der Waals surface area contributed by atoms with Crippen LogP contribution in [0.3, 0.4) is 0 Å². The van der Waals surface area contributed by atoms with Crippen LogP contribution in [0.1, 0.15) is 60.3 Å². The second kappa shape index (κ2) is 6.74. The molecule has 2 heteroatoms. The number of aliphatic hydroxyl groups is 1. The summed E-state index contributed by atoms with van der Waals surface area (Å²) >= 11 is 0. The Kier molecular flexibility index (Phi) is 6.42.